The van der Waals surface area contributed by atoms with Gasteiger partial charge in [-0.1, -0.05) is 12.1 Å². The smallest absolute Gasteiger partial charge is 0.343 e. The standard InChI is InChI=1S/C21H15N3O6/c25-18-6-2-3-15(12-18)20(26)23-22-13-14-7-9-19(10-8-14)30-21(27)16-4-1-5-17(11-16)24(28)29/h1-13,25H,(H,23,26)/b22-13+. The van der Waals surface area contributed by atoms with Gasteiger partial charge in [0.15, 0.2) is 0 Å². The van der Waals surface area contributed by atoms with Gasteiger partial charge < -0.3 is 9.84 Å². The molecule has 0 heterocycles. The summed E-state index contributed by atoms with van der Waals surface area (Å²) in [4.78, 5) is 34.3. The summed E-state index contributed by atoms with van der Waals surface area (Å²) < 4.78 is 5.20. The summed E-state index contributed by atoms with van der Waals surface area (Å²) in [6, 6.07) is 17.4. The third kappa shape index (κ3) is 5.26. The van der Waals surface area contributed by atoms with Crippen molar-refractivity contribution < 1.29 is 24.4 Å². The van der Waals surface area contributed by atoms with Crippen LogP contribution in [0.5, 0.6) is 11.5 Å². The quantitative estimate of drug-likeness (QED) is 0.213. The van der Waals surface area contributed by atoms with E-state index in [0.717, 1.165) is 6.07 Å². The van der Waals surface area contributed by atoms with Crippen molar-refractivity contribution in [2.75, 3.05) is 0 Å². The fourth-order valence-corrected chi connectivity index (χ4v) is 2.41. The molecule has 3 rings (SSSR count). The van der Waals surface area contributed by atoms with Crippen LogP contribution in [-0.2, 0) is 0 Å². The van der Waals surface area contributed by atoms with E-state index in [0.29, 0.717) is 5.56 Å². The molecule has 3 aromatic rings. The molecule has 0 aliphatic carbocycles. The van der Waals surface area contributed by atoms with E-state index in [-0.39, 0.29) is 28.3 Å². The second-order valence-corrected chi connectivity index (χ2v) is 6.02. The average molecular weight is 405 g/mol. The predicted octanol–water partition coefficient (Wildman–Crippen LogP) is 3.28. The minimum atomic E-state index is -0.724. The maximum absolute atomic E-state index is 12.1. The molecule has 0 spiro atoms. The molecule has 0 aromatic heterocycles. The topological polar surface area (TPSA) is 131 Å². The highest BCUT2D eigenvalue weighted by Gasteiger charge is 2.13. The van der Waals surface area contributed by atoms with Gasteiger partial charge in [0.25, 0.3) is 11.6 Å². The maximum atomic E-state index is 12.1. The lowest BCUT2D eigenvalue weighted by atomic mass is 10.2. The number of aromatic hydroxyl groups is 1. The zero-order chi connectivity index (χ0) is 21.5. The molecule has 0 fully saturated rings. The van der Waals surface area contributed by atoms with Crippen molar-refractivity contribution in [1.29, 1.82) is 0 Å². The zero-order valence-corrected chi connectivity index (χ0v) is 15.4. The van der Waals surface area contributed by atoms with E-state index >= 15 is 0 Å². The number of benzene rings is 3. The molecule has 0 aliphatic rings. The van der Waals surface area contributed by atoms with Crippen LogP contribution < -0.4 is 10.2 Å². The first-order valence-electron chi connectivity index (χ1n) is 8.61. The van der Waals surface area contributed by atoms with Crippen LogP contribution in [0.1, 0.15) is 26.3 Å². The maximum Gasteiger partial charge on any atom is 0.343 e. The first-order valence-corrected chi connectivity index (χ1v) is 8.61. The minimum absolute atomic E-state index is 0.0260. The number of amides is 1. The predicted molar refractivity (Wildman–Crippen MR) is 108 cm³/mol. The van der Waals surface area contributed by atoms with Crippen molar-refractivity contribution in [1.82, 2.24) is 5.43 Å². The van der Waals surface area contributed by atoms with Crippen molar-refractivity contribution in [3.63, 3.8) is 0 Å². The highest BCUT2D eigenvalue weighted by atomic mass is 16.6. The monoisotopic (exact) mass is 405 g/mol. The molecule has 150 valence electrons. The fourth-order valence-electron chi connectivity index (χ4n) is 2.41. The summed E-state index contributed by atoms with van der Waals surface area (Å²) in [6.45, 7) is 0. The van der Waals surface area contributed by atoms with Gasteiger partial charge >= 0.3 is 5.97 Å². The number of carbonyl (C=O) groups excluding carboxylic acids is 2. The molecule has 3 aromatic carbocycles. The molecule has 9 heteroatoms. The molecule has 0 aliphatic heterocycles. The number of hydrogen-bond donors (Lipinski definition) is 2. The number of nitro benzene ring substituents is 1. The second-order valence-electron chi connectivity index (χ2n) is 6.02. The molecule has 0 bridgehead atoms. The van der Waals surface area contributed by atoms with Crippen LogP contribution >= 0.6 is 0 Å². The number of esters is 1. The molecule has 0 saturated heterocycles. The number of hydrazone groups is 1. The van der Waals surface area contributed by atoms with E-state index in [1.807, 2.05) is 0 Å². The second kappa shape index (κ2) is 9.11. The van der Waals surface area contributed by atoms with Crippen LogP contribution in [-0.4, -0.2) is 28.1 Å². The van der Waals surface area contributed by atoms with Gasteiger partial charge in [-0.25, -0.2) is 10.2 Å². The van der Waals surface area contributed by atoms with Gasteiger partial charge in [-0.3, -0.25) is 14.9 Å². The number of phenols is 1. The van der Waals surface area contributed by atoms with Crippen LogP contribution in [0.15, 0.2) is 77.9 Å². The number of non-ortho nitro benzene ring substituents is 1. The van der Waals surface area contributed by atoms with E-state index < -0.39 is 16.8 Å². The number of nitrogens with zero attached hydrogens (tertiary/aromatic N) is 2. The molecule has 0 saturated carbocycles. The molecule has 9 nitrogen and oxygen atoms in total. The third-order valence-corrected chi connectivity index (χ3v) is 3.87. The Morgan fingerprint density at radius 1 is 1.00 bits per heavy atom. The van der Waals surface area contributed by atoms with Gasteiger partial charge in [0.1, 0.15) is 11.5 Å². The van der Waals surface area contributed by atoms with Crippen molar-refractivity contribution in [2.24, 2.45) is 5.10 Å². The van der Waals surface area contributed by atoms with Crippen LogP contribution in [0.4, 0.5) is 5.69 Å². The van der Waals surface area contributed by atoms with E-state index in [9.17, 15) is 24.8 Å². The van der Waals surface area contributed by atoms with Crippen molar-refractivity contribution in [3.05, 3.63) is 99.6 Å². The number of hydrogen-bond acceptors (Lipinski definition) is 7. The minimum Gasteiger partial charge on any atom is -0.508 e. The van der Waals surface area contributed by atoms with Gasteiger partial charge in [0.05, 0.1) is 16.7 Å². The highest BCUT2D eigenvalue weighted by molar-refractivity contribution is 5.95. The Morgan fingerprint density at radius 2 is 1.70 bits per heavy atom. The SMILES string of the molecule is O=C(N/N=C/c1ccc(OC(=O)c2cccc([N+](=O)[O-])c2)cc1)c1cccc(O)c1. The van der Waals surface area contributed by atoms with Crippen molar-refractivity contribution >= 4 is 23.8 Å². The third-order valence-electron chi connectivity index (χ3n) is 3.87. The van der Waals surface area contributed by atoms with Gasteiger partial charge in [-0.15, -0.1) is 0 Å². The fraction of sp³-hybridized carbons (Fsp3) is 0. The number of ether oxygens (including phenoxy) is 1. The normalized spacial score (nSPS) is 10.5. The zero-order valence-electron chi connectivity index (χ0n) is 15.4. The molecule has 0 radical (unpaired) electrons. The highest BCUT2D eigenvalue weighted by Crippen LogP contribution is 2.17. The Bertz CT molecular complexity index is 1130. The van der Waals surface area contributed by atoms with Gasteiger partial charge in [-0.05, 0) is 54.1 Å². The Kier molecular flexibility index (Phi) is 6.14. The van der Waals surface area contributed by atoms with Crippen LogP contribution in [0, 0.1) is 10.1 Å². The number of phenolic OH excluding ortho intramolecular Hbond substituents is 1. The summed E-state index contributed by atoms with van der Waals surface area (Å²) in [5.41, 5.74) is 3.08. The van der Waals surface area contributed by atoms with Crippen LogP contribution in [0.25, 0.3) is 0 Å². The Morgan fingerprint density at radius 3 is 2.40 bits per heavy atom. The number of nitro groups is 1. The van der Waals surface area contributed by atoms with Gasteiger partial charge in [0, 0.05) is 17.7 Å². The van der Waals surface area contributed by atoms with Crippen LogP contribution in [0.2, 0.25) is 0 Å². The number of rotatable bonds is 6. The van der Waals surface area contributed by atoms with E-state index in [1.165, 1.54) is 54.7 Å². The van der Waals surface area contributed by atoms with Crippen molar-refractivity contribution in [3.8, 4) is 11.5 Å². The largest absolute Gasteiger partial charge is 0.508 e. The number of carbonyl (C=O) groups is 2. The van der Waals surface area contributed by atoms with Crippen LogP contribution in [0.3, 0.4) is 0 Å². The Balaban J connectivity index is 1.59. The lowest BCUT2D eigenvalue weighted by Gasteiger charge is -2.04. The summed E-state index contributed by atoms with van der Waals surface area (Å²) >= 11 is 0. The molecular weight excluding hydrogens is 390 g/mol. The molecule has 0 atom stereocenters. The van der Waals surface area contributed by atoms with Gasteiger partial charge in [0.2, 0.25) is 0 Å². The Hall–Kier alpha value is -4.53. The first-order chi connectivity index (χ1) is 14.4. The van der Waals surface area contributed by atoms with Crippen molar-refractivity contribution in [2.45, 2.75) is 0 Å². The van der Waals surface area contributed by atoms with Gasteiger partial charge in [-0.2, -0.15) is 5.10 Å². The molecule has 30 heavy (non-hydrogen) atoms. The average Bonchev–Trinajstić information content (AvgIpc) is 2.75. The molecular formula is C21H15N3O6. The summed E-state index contributed by atoms with van der Waals surface area (Å²) in [5, 5.41) is 24.0. The van der Waals surface area contributed by atoms with E-state index in [4.69, 9.17) is 4.74 Å². The van der Waals surface area contributed by atoms with E-state index in [2.05, 4.69) is 10.5 Å². The summed E-state index contributed by atoms with van der Waals surface area (Å²) in [7, 11) is 0. The first kappa shape index (κ1) is 20.2. The molecule has 2 N–H and O–H groups in total. The molecule has 0 unspecified atom stereocenters. The summed E-state index contributed by atoms with van der Waals surface area (Å²) in [5.74, 6) is -0.988. The molecule has 1 amide bonds. The lowest BCUT2D eigenvalue weighted by Crippen LogP contribution is -2.17. The lowest BCUT2D eigenvalue weighted by molar-refractivity contribution is -0.384. The Labute approximate surface area is 170 Å². The summed E-state index contributed by atoms with van der Waals surface area (Å²) in [6.07, 6.45) is 1.40. The number of nitrogens with one attached hydrogen (secondary N) is 1. The van der Waals surface area contributed by atoms with E-state index in [1.54, 1.807) is 18.2 Å².